The lowest BCUT2D eigenvalue weighted by Gasteiger charge is -2.32. The molecule has 1 fully saturated rings. The highest BCUT2D eigenvalue weighted by Gasteiger charge is 2.26. The summed E-state index contributed by atoms with van der Waals surface area (Å²) in [5, 5.41) is 3.28. The molecule has 94 valence electrons. The van der Waals surface area contributed by atoms with Crippen LogP contribution in [0.3, 0.4) is 0 Å². The Labute approximate surface area is 98.9 Å². The molecular formula is C13H25NO2. The van der Waals surface area contributed by atoms with Gasteiger partial charge in [0, 0.05) is 6.04 Å². The third kappa shape index (κ3) is 4.12. The first-order chi connectivity index (χ1) is 7.67. The van der Waals surface area contributed by atoms with E-state index >= 15 is 0 Å². The Morgan fingerprint density at radius 1 is 1.38 bits per heavy atom. The van der Waals surface area contributed by atoms with Gasteiger partial charge in [0.2, 0.25) is 0 Å². The minimum Gasteiger partial charge on any atom is -0.466 e. The number of nitrogens with one attached hydrogen (secondary N) is 1. The van der Waals surface area contributed by atoms with Crippen LogP contribution in [0, 0.1) is 11.8 Å². The lowest BCUT2D eigenvalue weighted by atomic mass is 9.78. The Morgan fingerprint density at radius 2 is 2.00 bits per heavy atom. The molecular weight excluding hydrogens is 202 g/mol. The van der Waals surface area contributed by atoms with Crippen LogP contribution in [-0.2, 0) is 9.53 Å². The summed E-state index contributed by atoms with van der Waals surface area (Å²) in [5.41, 5.74) is 0. The van der Waals surface area contributed by atoms with Crippen molar-refractivity contribution in [2.75, 3.05) is 13.7 Å². The summed E-state index contributed by atoms with van der Waals surface area (Å²) in [6.07, 6.45) is 5.60. The van der Waals surface area contributed by atoms with E-state index in [0.29, 0.717) is 25.0 Å². The molecule has 1 rings (SSSR count). The van der Waals surface area contributed by atoms with E-state index in [2.05, 4.69) is 12.2 Å². The second-order valence-corrected chi connectivity index (χ2v) is 4.92. The van der Waals surface area contributed by atoms with Gasteiger partial charge in [-0.25, -0.2) is 0 Å². The van der Waals surface area contributed by atoms with Gasteiger partial charge < -0.3 is 10.1 Å². The molecule has 1 aliphatic rings. The Hall–Kier alpha value is -0.570. The van der Waals surface area contributed by atoms with Crippen LogP contribution in [-0.4, -0.2) is 25.7 Å². The van der Waals surface area contributed by atoms with Crippen LogP contribution >= 0.6 is 0 Å². The quantitative estimate of drug-likeness (QED) is 0.733. The first-order valence-electron chi connectivity index (χ1n) is 6.50. The molecule has 0 saturated heterocycles. The number of esters is 1. The molecule has 0 aromatic heterocycles. The summed E-state index contributed by atoms with van der Waals surface area (Å²) >= 11 is 0. The molecule has 0 spiro atoms. The molecule has 1 unspecified atom stereocenters. The number of carbonyl (C=O) groups is 1. The van der Waals surface area contributed by atoms with Crippen molar-refractivity contribution >= 4 is 5.97 Å². The van der Waals surface area contributed by atoms with Crippen molar-refractivity contribution in [3.63, 3.8) is 0 Å². The van der Waals surface area contributed by atoms with Gasteiger partial charge in [-0.05, 0) is 38.6 Å². The van der Waals surface area contributed by atoms with Gasteiger partial charge >= 0.3 is 5.97 Å². The van der Waals surface area contributed by atoms with E-state index in [4.69, 9.17) is 4.74 Å². The van der Waals surface area contributed by atoms with Crippen LogP contribution in [0.25, 0.3) is 0 Å². The zero-order chi connectivity index (χ0) is 12.0. The molecule has 0 aromatic rings. The fraction of sp³-hybridized carbons (Fsp3) is 0.923. The fourth-order valence-electron chi connectivity index (χ4n) is 2.59. The Morgan fingerprint density at radius 3 is 2.50 bits per heavy atom. The predicted molar refractivity (Wildman–Crippen MR) is 65.2 cm³/mol. The van der Waals surface area contributed by atoms with E-state index in [9.17, 15) is 4.79 Å². The molecule has 0 bridgehead atoms. The first-order valence-corrected chi connectivity index (χ1v) is 6.50. The third-order valence-corrected chi connectivity index (χ3v) is 3.69. The topological polar surface area (TPSA) is 38.3 Å². The summed E-state index contributed by atoms with van der Waals surface area (Å²) in [6.45, 7) is 4.65. The van der Waals surface area contributed by atoms with Crippen molar-refractivity contribution < 1.29 is 9.53 Å². The molecule has 0 aliphatic heterocycles. The summed E-state index contributed by atoms with van der Waals surface area (Å²) < 4.78 is 5.01. The maximum atomic E-state index is 11.5. The molecule has 3 nitrogen and oxygen atoms in total. The standard InChI is InChI=1S/C13H25NO2/c1-4-16-13(15)9-12(14-3)11-7-5-10(2)6-8-11/h10-12,14H,4-9H2,1-3H3. The van der Waals surface area contributed by atoms with E-state index < -0.39 is 0 Å². The first kappa shape index (κ1) is 13.5. The Kier molecular flexibility index (Phi) is 5.81. The van der Waals surface area contributed by atoms with Crippen LogP contribution in [0.4, 0.5) is 0 Å². The number of carbonyl (C=O) groups excluding carboxylic acids is 1. The summed E-state index contributed by atoms with van der Waals surface area (Å²) in [7, 11) is 1.95. The van der Waals surface area contributed by atoms with Crippen molar-refractivity contribution in [2.45, 2.75) is 52.0 Å². The van der Waals surface area contributed by atoms with Crippen molar-refractivity contribution in [3.05, 3.63) is 0 Å². The maximum absolute atomic E-state index is 11.5. The molecule has 0 amide bonds. The van der Waals surface area contributed by atoms with Crippen molar-refractivity contribution in [2.24, 2.45) is 11.8 Å². The van der Waals surface area contributed by atoms with Crippen LogP contribution < -0.4 is 5.32 Å². The lowest BCUT2D eigenvalue weighted by molar-refractivity contribution is -0.144. The molecule has 16 heavy (non-hydrogen) atoms. The lowest BCUT2D eigenvalue weighted by Crippen LogP contribution is -2.37. The summed E-state index contributed by atoms with van der Waals surface area (Å²) in [5.74, 6) is 1.43. The van der Waals surface area contributed by atoms with E-state index in [1.54, 1.807) is 0 Å². The fourth-order valence-corrected chi connectivity index (χ4v) is 2.59. The smallest absolute Gasteiger partial charge is 0.307 e. The van der Waals surface area contributed by atoms with E-state index in [1.807, 2.05) is 14.0 Å². The van der Waals surface area contributed by atoms with Crippen molar-refractivity contribution in [1.82, 2.24) is 5.32 Å². The van der Waals surface area contributed by atoms with Gasteiger partial charge in [-0.1, -0.05) is 19.8 Å². The van der Waals surface area contributed by atoms with E-state index in [1.165, 1.54) is 25.7 Å². The highest BCUT2D eigenvalue weighted by molar-refractivity contribution is 5.70. The third-order valence-electron chi connectivity index (χ3n) is 3.69. The van der Waals surface area contributed by atoms with Crippen LogP contribution in [0.2, 0.25) is 0 Å². The second kappa shape index (κ2) is 6.89. The van der Waals surface area contributed by atoms with Gasteiger partial charge in [0.25, 0.3) is 0 Å². The average molecular weight is 227 g/mol. The SMILES string of the molecule is CCOC(=O)CC(NC)C1CCC(C)CC1. The zero-order valence-electron chi connectivity index (χ0n) is 10.8. The van der Waals surface area contributed by atoms with Crippen LogP contribution in [0.15, 0.2) is 0 Å². The number of rotatable bonds is 5. The van der Waals surface area contributed by atoms with Crippen molar-refractivity contribution in [3.8, 4) is 0 Å². The molecule has 0 aromatic carbocycles. The molecule has 0 radical (unpaired) electrons. The summed E-state index contributed by atoms with van der Waals surface area (Å²) in [6, 6.07) is 0.298. The normalized spacial score (nSPS) is 27.4. The maximum Gasteiger partial charge on any atom is 0.307 e. The molecule has 1 aliphatic carbocycles. The van der Waals surface area contributed by atoms with Gasteiger partial charge in [0.15, 0.2) is 0 Å². The van der Waals surface area contributed by atoms with Gasteiger partial charge in [-0.15, -0.1) is 0 Å². The predicted octanol–water partition coefficient (Wildman–Crippen LogP) is 2.35. The molecule has 1 atom stereocenters. The summed E-state index contributed by atoms with van der Waals surface area (Å²) in [4.78, 5) is 11.5. The molecule has 1 N–H and O–H groups in total. The van der Waals surface area contributed by atoms with Crippen LogP contribution in [0.5, 0.6) is 0 Å². The van der Waals surface area contributed by atoms with Gasteiger partial charge in [-0.3, -0.25) is 4.79 Å². The highest BCUT2D eigenvalue weighted by Crippen LogP contribution is 2.31. The monoisotopic (exact) mass is 227 g/mol. The van der Waals surface area contributed by atoms with Gasteiger partial charge in [-0.2, -0.15) is 0 Å². The molecule has 0 heterocycles. The largest absolute Gasteiger partial charge is 0.466 e. The van der Waals surface area contributed by atoms with E-state index in [0.717, 1.165) is 5.92 Å². The highest BCUT2D eigenvalue weighted by atomic mass is 16.5. The minimum absolute atomic E-state index is 0.0690. The van der Waals surface area contributed by atoms with Crippen LogP contribution in [0.1, 0.15) is 46.0 Å². The van der Waals surface area contributed by atoms with Crippen molar-refractivity contribution in [1.29, 1.82) is 0 Å². The zero-order valence-corrected chi connectivity index (χ0v) is 10.8. The van der Waals surface area contributed by atoms with E-state index in [-0.39, 0.29) is 5.97 Å². The second-order valence-electron chi connectivity index (χ2n) is 4.92. The Bertz CT molecular complexity index is 210. The Balaban J connectivity index is 2.38. The van der Waals surface area contributed by atoms with Gasteiger partial charge in [0.05, 0.1) is 13.0 Å². The van der Waals surface area contributed by atoms with Gasteiger partial charge in [0.1, 0.15) is 0 Å². The number of hydrogen-bond donors (Lipinski definition) is 1. The minimum atomic E-state index is -0.0690. The number of ether oxygens (including phenoxy) is 1. The number of hydrogen-bond acceptors (Lipinski definition) is 3. The average Bonchev–Trinajstić information content (AvgIpc) is 2.27. The molecule has 1 saturated carbocycles. The molecule has 3 heteroatoms.